The number of hydrogen-bond donors (Lipinski definition) is 2. The number of para-hydroxylation sites is 1. The van der Waals surface area contributed by atoms with Gasteiger partial charge in [-0.1, -0.05) is 18.2 Å². The van der Waals surface area contributed by atoms with Crippen molar-refractivity contribution in [2.75, 3.05) is 0 Å². The average molecular weight is 219 g/mol. The fourth-order valence-electron chi connectivity index (χ4n) is 1.76. The van der Waals surface area contributed by atoms with Crippen molar-refractivity contribution >= 4 is 16.9 Å². The van der Waals surface area contributed by atoms with Crippen molar-refractivity contribution in [3.63, 3.8) is 0 Å². The summed E-state index contributed by atoms with van der Waals surface area (Å²) in [5.74, 6) is -0.265. The largest absolute Gasteiger partial charge is 0.480 e. The van der Waals surface area contributed by atoms with Crippen LogP contribution in [0.1, 0.15) is 22.9 Å². The fourth-order valence-corrected chi connectivity index (χ4v) is 1.76. The van der Waals surface area contributed by atoms with Crippen LogP contribution in [0.25, 0.3) is 11.0 Å². The van der Waals surface area contributed by atoms with Gasteiger partial charge in [-0.2, -0.15) is 0 Å². The first-order chi connectivity index (χ1) is 7.52. The molecule has 0 radical (unpaired) electrons. The van der Waals surface area contributed by atoms with E-state index in [1.54, 1.807) is 12.1 Å². The molecular formula is C12H13NO3. The van der Waals surface area contributed by atoms with Gasteiger partial charge in [-0.05, 0) is 19.4 Å². The van der Waals surface area contributed by atoms with Crippen LogP contribution in [0.15, 0.2) is 22.6 Å². The number of hydrogen-bond acceptors (Lipinski definition) is 3. The van der Waals surface area contributed by atoms with E-state index in [1.165, 1.54) is 0 Å². The highest BCUT2D eigenvalue weighted by Crippen LogP contribution is 2.29. The van der Waals surface area contributed by atoms with Gasteiger partial charge in [0, 0.05) is 10.9 Å². The molecule has 3 N–H and O–H groups in total. The SMILES string of the molecule is Cc1oc2c(C(N)C(=O)O)cccc2c1C. The summed E-state index contributed by atoms with van der Waals surface area (Å²) in [6, 6.07) is 4.33. The van der Waals surface area contributed by atoms with Crippen molar-refractivity contribution in [3.8, 4) is 0 Å². The first kappa shape index (κ1) is 10.7. The van der Waals surface area contributed by atoms with Crippen LogP contribution in [-0.2, 0) is 4.79 Å². The molecule has 1 unspecified atom stereocenters. The van der Waals surface area contributed by atoms with Crippen LogP contribution in [0.5, 0.6) is 0 Å². The second kappa shape index (κ2) is 3.64. The Kier molecular flexibility index (Phi) is 2.44. The van der Waals surface area contributed by atoms with Crippen LogP contribution in [0.2, 0.25) is 0 Å². The first-order valence-corrected chi connectivity index (χ1v) is 4.99. The van der Waals surface area contributed by atoms with Crippen LogP contribution in [-0.4, -0.2) is 11.1 Å². The molecule has 0 bridgehead atoms. The van der Waals surface area contributed by atoms with Crippen LogP contribution in [0, 0.1) is 13.8 Å². The molecule has 2 rings (SSSR count). The molecule has 16 heavy (non-hydrogen) atoms. The summed E-state index contributed by atoms with van der Waals surface area (Å²) in [4.78, 5) is 10.9. The molecule has 0 amide bonds. The molecule has 0 fully saturated rings. The van der Waals surface area contributed by atoms with Crippen molar-refractivity contribution in [2.45, 2.75) is 19.9 Å². The Hall–Kier alpha value is -1.81. The summed E-state index contributed by atoms with van der Waals surface area (Å²) in [5.41, 5.74) is 7.72. The number of carbonyl (C=O) groups is 1. The lowest BCUT2D eigenvalue weighted by molar-refractivity contribution is -0.138. The van der Waals surface area contributed by atoms with E-state index in [0.717, 1.165) is 16.7 Å². The maximum Gasteiger partial charge on any atom is 0.325 e. The van der Waals surface area contributed by atoms with Crippen LogP contribution >= 0.6 is 0 Å². The van der Waals surface area contributed by atoms with Crippen molar-refractivity contribution in [1.82, 2.24) is 0 Å². The van der Waals surface area contributed by atoms with E-state index < -0.39 is 12.0 Å². The summed E-state index contributed by atoms with van der Waals surface area (Å²) in [5, 5.41) is 9.83. The molecule has 2 aromatic rings. The summed E-state index contributed by atoms with van der Waals surface area (Å²) < 4.78 is 5.56. The number of furan rings is 1. The Bertz CT molecular complexity index is 557. The monoisotopic (exact) mass is 219 g/mol. The molecule has 0 spiro atoms. The number of benzene rings is 1. The van der Waals surface area contributed by atoms with Gasteiger partial charge >= 0.3 is 5.97 Å². The number of aryl methyl sites for hydroxylation is 2. The first-order valence-electron chi connectivity index (χ1n) is 4.99. The van der Waals surface area contributed by atoms with Gasteiger partial charge in [0.05, 0.1) is 0 Å². The molecule has 1 aromatic heterocycles. The zero-order valence-electron chi connectivity index (χ0n) is 9.15. The molecular weight excluding hydrogens is 206 g/mol. The third-order valence-electron chi connectivity index (χ3n) is 2.83. The maximum absolute atomic E-state index is 10.9. The van der Waals surface area contributed by atoms with Gasteiger partial charge < -0.3 is 15.3 Å². The van der Waals surface area contributed by atoms with E-state index >= 15 is 0 Å². The Morgan fingerprint density at radius 3 is 2.75 bits per heavy atom. The third kappa shape index (κ3) is 1.47. The van der Waals surface area contributed by atoms with Gasteiger partial charge in [0.1, 0.15) is 17.4 Å². The summed E-state index contributed by atoms with van der Waals surface area (Å²) in [7, 11) is 0. The molecule has 1 heterocycles. The predicted octanol–water partition coefficient (Wildman–Crippen LogP) is 2.13. The van der Waals surface area contributed by atoms with Crippen molar-refractivity contribution in [3.05, 3.63) is 35.1 Å². The Morgan fingerprint density at radius 1 is 1.44 bits per heavy atom. The highest BCUT2D eigenvalue weighted by Gasteiger charge is 2.20. The van der Waals surface area contributed by atoms with E-state index in [2.05, 4.69) is 0 Å². The van der Waals surface area contributed by atoms with Crippen molar-refractivity contribution < 1.29 is 14.3 Å². The van der Waals surface area contributed by atoms with E-state index in [9.17, 15) is 4.79 Å². The number of rotatable bonds is 2. The Balaban J connectivity index is 2.71. The fraction of sp³-hybridized carbons (Fsp3) is 0.250. The van der Waals surface area contributed by atoms with Crippen molar-refractivity contribution in [2.24, 2.45) is 5.73 Å². The lowest BCUT2D eigenvalue weighted by Crippen LogP contribution is -2.20. The minimum absolute atomic E-state index is 0.515. The highest BCUT2D eigenvalue weighted by atomic mass is 16.4. The molecule has 0 aliphatic heterocycles. The summed E-state index contributed by atoms with van der Waals surface area (Å²) in [6.07, 6.45) is 0. The van der Waals surface area contributed by atoms with Crippen LogP contribution < -0.4 is 5.73 Å². The van der Waals surface area contributed by atoms with Gasteiger partial charge in [0.25, 0.3) is 0 Å². The zero-order valence-corrected chi connectivity index (χ0v) is 9.15. The van der Waals surface area contributed by atoms with E-state index in [1.807, 2.05) is 19.9 Å². The number of fused-ring (bicyclic) bond motifs is 1. The maximum atomic E-state index is 10.9. The zero-order chi connectivity index (χ0) is 11.9. The van der Waals surface area contributed by atoms with E-state index in [0.29, 0.717) is 11.1 Å². The lowest BCUT2D eigenvalue weighted by Gasteiger charge is -2.06. The van der Waals surface area contributed by atoms with Gasteiger partial charge in [0.15, 0.2) is 0 Å². The number of carboxylic acid groups (broad SMARTS) is 1. The van der Waals surface area contributed by atoms with Crippen LogP contribution in [0.4, 0.5) is 0 Å². The summed E-state index contributed by atoms with van der Waals surface area (Å²) in [6.45, 7) is 3.79. The third-order valence-corrected chi connectivity index (χ3v) is 2.83. The second-order valence-corrected chi connectivity index (χ2v) is 3.82. The number of carboxylic acids is 1. The minimum atomic E-state index is -1.06. The number of aliphatic carboxylic acids is 1. The quantitative estimate of drug-likeness (QED) is 0.811. The molecule has 1 aromatic carbocycles. The standard InChI is InChI=1S/C12H13NO3/c1-6-7(2)16-11-8(6)4-3-5-9(11)10(13)12(14)15/h3-5,10H,13H2,1-2H3,(H,14,15). The molecule has 4 heteroatoms. The Labute approximate surface area is 92.7 Å². The van der Waals surface area contributed by atoms with Crippen LogP contribution in [0.3, 0.4) is 0 Å². The minimum Gasteiger partial charge on any atom is -0.480 e. The van der Waals surface area contributed by atoms with Gasteiger partial charge in [0.2, 0.25) is 0 Å². The van der Waals surface area contributed by atoms with E-state index in [-0.39, 0.29) is 0 Å². The lowest BCUT2D eigenvalue weighted by atomic mass is 10.0. The molecule has 4 nitrogen and oxygen atoms in total. The van der Waals surface area contributed by atoms with Crippen molar-refractivity contribution in [1.29, 1.82) is 0 Å². The number of nitrogens with two attached hydrogens (primary N) is 1. The molecule has 1 atom stereocenters. The summed E-state index contributed by atoms with van der Waals surface area (Å²) >= 11 is 0. The van der Waals surface area contributed by atoms with Gasteiger partial charge in [-0.25, -0.2) is 0 Å². The van der Waals surface area contributed by atoms with Gasteiger partial charge in [-0.15, -0.1) is 0 Å². The molecule has 84 valence electrons. The molecule has 0 saturated carbocycles. The smallest absolute Gasteiger partial charge is 0.325 e. The van der Waals surface area contributed by atoms with E-state index in [4.69, 9.17) is 15.3 Å². The average Bonchev–Trinajstić information content (AvgIpc) is 2.54. The Morgan fingerprint density at radius 2 is 2.12 bits per heavy atom. The molecule has 0 aliphatic rings. The van der Waals surface area contributed by atoms with Gasteiger partial charge in [-0.3, -0.25) is 4.79 Å². The molecule has 0 saturated heterocycles. The second-order valence-electron chi connectivity index (χ2n) is 3.82. The highest BCUT2D eigenvalue weighted by molar-refractivity contribution is 5.89. The normalized spacial score (nSPS) is 12.9. The topological polar surface area (TPSA) is 76.5 Å². The molecule has 0 aliphatic carbocycles. The predicted molar refractivity (Wildman–Crippen MR) is 60.3 cm³/mol.